The number of nitrogens with zero attached hydrogens (tertiary/aromatic N) is 1. The Morgan fingerprint density at radius 1 is 1.24 bits per heavy atom. The average molecular weight is 448 g/mol. The van der Waals surface area contributed by atoms with Gasteiger partial charge in [-0.05, 0) is 56.0 Å². The molecule has 2 nitrogen and oxygen atoms in total. The molecule has 1 heterocycles. The Kier molecular flexibility index (Phi) is 8.45. The van der Waals surface area contributed by atoms with Gasteiger partial charge >= 0.3 is 0 Å². The summed E-state index contributed by atoms with van der Waals surface area (Å²) < 4.78 is 2.21. The number of hydrogen-bond acceptors (Lipinski definition) is 2. The van der Waals surface area contributed by atoms with Crippen molar-refractivity contribution >= 4 is 40.7 Å². The van der Waals surface area contributed by atoms with Crippen molar-refractivity contribution in [3.8, 4) is 0 Å². The lowest BCUT2D eigenvalue weighted by Crippen LogP contribution is -2.05. The first-order valence-corrected chi connectivity index (χ1v) is 11.1. The molecule has 0 saturated carbocycles. The van der Waals surface area contributed by atoms with Gasteiger partial charge in [0, 0.05) is 32.7 Å². The van der Waals surface area contributed by atoms with Crippen LogP contribution < -0.4 is 0 Å². The Hall–Kier alpha value is -1.68. The summed E-state index contributed by atoms with van der Waals surface area (Å²) in [4.78, 5) is 13.5. The van der Waals surface area contributed by atoms with Crippen molar-refractivity contribution in [2.24, 2.45) is 0 Å². The van der Waals surface area contributed by atoms with E-state index in [1.807, 2.05) is 38.1 Å². The average Bonchev–Trinajstić information content (AvgIpc) is 2.87. The molecule has 29 heavy (non-hydrogen) atoms. The fourth-order valence-electron chi connectivity index (χ4n) is 3.42. The fourth-order valence-corrected chi connectivity index (χ4v) is 5.43. The highest BCUT2D eigenvalue weighted by Crippen LogP contribution is 2.41. The van der Waals surface area contributed by atoms with E-state index in [-0.39, 0.29) is 11.7 Å². The first-order chi connectivity index (χ1) is 13.7. The molecule has 0 N–H and O–H groups in total. The molecule has 2 aromatic rings. The predicted octanol–water partition coefficient (Wildman–Crippen LogP) is 8.27. The van der Waals surface area contributed by atoms with Crippen molar-refractivity contribution in [1.29, 1.82) is 0 Å². The number of carbonyl (C=O) groups is 1. The molecule has 0 aliphatic carbocycles. The van der Waals surface area contributed by atoms with Crippen LogP contribution in [0.15, 0.2) is 64.6 Å². The van der Waals surface area contributed by atoms with E-state index in [0.717, 1.165) is 32.3 Å². The largest absolute Gasteiger partial charge is 0.335 e. The first-order valence-electron chi connectivity index (χ1n) is 9.51. The quantitative estimate of drug-likeness (QED) is 0.299. The second-order valence-corrected chi connectivity index (χ2v) is 9.10. The van der Waals surface area contributed by atoms with Crippen LogP contribution >= 0.6 is 35.0 Å². The normalized spacial score (nSPS) is 12.2. The van der Waals surface area contributed by atoms with Crippen LogP contribution in [0.2, 0.25) is 10.0 Å². The molecule has 2 rings (SSSR count). The van der Waals surface area contributed by atoms with Crippen molar-refractivity contribution in [3.05, 3.63) is 81.5 Å². The van der Waals surface area contributed by atoms with Gasteiger partial charge in [-0.1, -0.05) is 79.7 Å². The molecule has 0 amide bonds. The van der Waals surface area contributed by atoms with E-state index >= 15 is 0 Å². The lowest BCUT2D eigenvalue weighted by Gasteiger charge is -2.15. The predicted molar refractivity (Wildman–Crippen MR) is 127 cm³/mol. The van der Waals surface area contributed by atoms with Crippen LogP contribution in [0, 0.1) is 6.92 Å². The van der Waals surface area contributed by atoms with E-state index in [4.69, 9.17) is 23.2 Å². The third-order valence-electron chi connectivity index (χ3n) is 4.54. The van der Waals surface area contributed by atoms with E-state index in [0.29, 0.717) is 16.6 Å². The van der Waals surface area contributed by atoms with E-state index in [2.05, 4.69) is 31.1 Å². The molecule has 0 aliphatic rings. The van der Waals surface area contributed by atoms with E-state index < -0.39 is 0 Å². The lowest BCUT2D eigenvalue weighted by molar-refractivity contribution is 0.101. The standard InChI is InChI=1S/C24H27Cl2NOS/c1-7-9-18(10-8-2)14-27-16(5)23(17(6)28)22(15(3)4)24(27)29-21-12-19(25)11-20(26)13-21/h7-13,15H,1,14H2,2-6H3/b10-8-,18-9+. The van der Waals surface area contributed by atoms with Gasteiger partial charge in [0.05, 0.1) is 5.03 Å². The number of aromatic nitrogens is 1. The number of benzene rings is 1. The summed E-state index contributed by atoms with van der Waals surface area (Å²) >= 11 is 14.0. The van der Waals surface area contributed by atoms with Crippen LogP contribution in [-0.2, 0) is 6.54 Å². The van der Waals surface area contributed by atoms with Crippen molar-refractivity contribution in [3.63, 3.8) is 0 Å². The van der Waals surface area contributed by atoms with Crippen LogP contribution in [0.4, 0.5) is 0 Å². The summed E-state index contributed by atoms with van der Waals surface area (Å²) in [6, 6.07) is 5.52. The molecule has 0 radical (unpaired) electrons. The maximum atomic E-state index is 12.5. The van der Waals surface area contributed by atoms with Crippen LogP contribution in [0.5, 0.6) is 0 Å². The topological polar surface area (TPSA) is 22.0 Å². The number of halogens is 2. The zero-order valence-electron chi connectivity index (χ0n) is 17.6. The van der Waals surface area contributed by atoms with E-state index in [9.17, 15) is 4.79 Å². The highest BCUT2D eigenvalue weighted by atomic mass is 35.5. The van der Waals surface area contributed by atoms with Gasteiger partial charge in [0.15, 0.2) is 5.78 Å². The number of allylic oxidation sites excluding steroid dienone is 5. The highest BCUT2D eigenvalue weighted by molar-refractivity contribution is 7.99. The molecular formula is C24H27Cl2NOS. The van der Waals surface area contributed by atoms with Crippen molar-refractivity contribution < 1.29 is 4.79 Å². The Balaban J connectivity index is 2.73. The number of rotatable bonds is 8. The van der Waals surface area contributed by atoms with Gasteiger partial charge in [-0.2, -0.15) is 0 Å². The van der Waals surface area contributed by atoms with Gasteiger partial charge in [-0.15, -0.1) is 0 Å². The molecule has 0 aliphatic heterocycles. The second kappa shape index (κ2) is 10.4. The van der Waals surface area contributed by atoms with Gasteiger partial charge in [-0.3, -0.25) is 4.79 Å². The molecule has 0 unspecified atom stereocenters. The minimum Gasteiger partial charge on any atom is -0.335 e. The van der Waals surface area contributed by atoms with Gasteiger partial charge in [0.2, 0.25) is 0 Å². The maximum Gasteiger partial charge on any atom is 0.161 e. The number of hydrogen-bond donors (Lipinski definition) is 0. The third-order valence-corrected chi connectivity index (χ3v) is 6.09. The molecule has 1 aromatic carbocycles. The number of ketones is 1. The SMILES string of the molecule is C=C/C=C(\C=C/C)Cn1c(C)c(C(C)=O)c(C(C)C)c1Sc1cc(Cl)cc(Cl)c1. The molecular weight excluding hydrogens is 421 g/mol. The Labute approximate surface area is 188 Å². The summed E-state index contributed by atoms with van der Waals surface area (Å²) in [6.07, 6.45) is 7.85. The van der Waals surface area contributed by atoms with Crippen LogP contribution in [0.3, 0.4) is 0 Å². The van der Waals surface area contributed by atoms with E-state index in [1.165, 1.54) is 0 Å². The highest BCUT2D eigenvalue weighted by Gasteiger charge is 2.26. The van der Waals surface area contributed by atoms with Gasteiger partial charge in [0.1, 0.15) is 0 Å². The summed E-state index contributed by atoms with van der Waals surface area (Å²) in [5.41, 5.74) is 3.94. The fraction of sp³-hybridized carbons (Fsp3) is 0.292. The second-order valence-electron chi connectivity index (χ2n) is 7.16. The Morgan fingerprint density at radius 2 is 1.86 bits per heavy atom. The van der Waals surface area contributed by atoms with E-state index in [1.54, 1.807) is 30.8 Å². The Bertz CT molecular complexity index is 963. The third kappa shape index (κ3) is 5.69. The molecule has 0 atom stereocenters. The zero-order chi connectivity index (χ0) is 21.7. The number of Topliss-reactive ketones (excluding diaryl/α,β-unsaturated/α-hetero) is 1. The molecule has 0 fully saturated rings. The smallest absolute Gasteiger partial charge is 0.161 e. The monoisotopic (exact) mass is 447 g/mol. The van der Waals surface area contributed by atoms with Gasteiger partial charge < -0.3 is 4.57 Å². The summed E-state index contributed by atoms with van der Waals surface area (Å²) in [6.45, 7) is 14.3. The van der Waals surface area contributed by atoms with Crippen molar-refractivity contribution in [2.45, 2.75) is 57.0 Å². The minimum absolute atomic E-state index is 0.0798. The Morgan fingerprint density at radius 3 is 2.34 bits per heavy atom. The molecule has 5 heteroatoms. The summed E-state index contributed by atoms with van der Waals surface area (Å²) in [5, 5.41) is 2.23. The maximum absolute atomic E-state index is 12.5. The molecule has 0 saturated heterocycles. The van der Waals surface area contributed by atoms with Crippen LogP contribution in [0.1, 0.15) is 55.2 Å². The lowest BCUT2D eigenvalue weighted by atomic mass is 9.98. The van der Waals surface area contributed by atoms with Crippen LogP contribution in [0.25, 0.3) is 0 Å². The van der Waals surface area contributed by atoms with Gasteiger partial charge in [-0.25, -0.2) is 0 Å². The first kappa shape index (κ1) is 23.6. The molecule has 0 bridgehead atoms. The zero-order valence-corrected chi connectivity index (χ0v) is 19.9. The van der Waals surface area contributed by atoms with Crippen molar-refractivity contribution in [1.82, 2.24) is 4.57 Å². The minimum atomic E-state index is 0.0798. The van der Waals surface area contributed by atoms with Crippen LogP contribution in [-0.4, -0.2) is 10.4 Å². The molecule has 0 spiro atoms. The number of carbonyl (C=O) groups excluding carboxylic acids is 1. The summed E-state index contributed by atoms with van der Waals surface area (Å²) in [5.74, 6) is 0.274. The van der Waals surface area contributed by atoms with Gasteiger partial charge in [0.25, 0.3) is 0 Å². The summed E-state index contributed by atoms with van der Waals surface area (Å²) in [7, 11) is 0. The molecule has 154 valence electrons. The molecule has 1 aromatic heterocycles. The van der Waals surface area contributed by atoms with Crippen molar-refractivity contribution in [2.75, 3.05) is 0 Å².